The Balaban J connectivity index is 0. The Bertz CT molecular complexity index is 228. The molecule has 0 amide bonds. The van der Waals surface area contributed by atoms with Gasteiger partial charge in [-0.25, -0.2) is 0 Å². The molecule has 0 fully saturated rings. The van der Waals surface area contributed by atoms with Gasteiger partial charge in [-0.05, 0) is 25.7 Å². The molecule has 1 nitrogen and oxygen atoms in total. The molecule has 154 valence electrons. The van der Waals surface area contributed by atoms with Crippen molar-refractivity contribution in [2.45, 2.75) is 110 Å². The lowest BCUT2D eigenvalue weighted by atomic mass is 10.1. The first-order valence-electron chi connectivity index (χ1n) is 11.1. The average Bonchev–Trinajstić information content (AvgIpc) is 2.58. The molecule has 0 aliphatic heterocycles. The van der Waals surface area contributed by atoms with Crippen LogP contribution in [-0.2, 0) is 0 Å². The molecule has 0 spiro atoms. The van der Waals surface area contributed by atoms with Gasteiger partial charge in [0.25, 0.3) is 0 Å². The maximum absolute atomic E-state index is 5.96. The SMILES string of the molecule is CCCCCCCCC[N+](C)(CCCCl)CCCCCCCCC.[Cl-]. The van der Waals surface area contributed by atoms with Crippen LogP contribution in [0.2, 0.25) is 0 Å². The van der Waals surface area contributed by atoms with Gasteiger partial charge in [-0.1, -0.05) is 78.1 Å². The van der Waals surface area contributed by atoms with Gasteiger partial charge in [0.2, 0.25) is 0 Å². The fraction of sp³-hybridized carbons (Fsp3) is 1.00. The summed E-state index contributed by atoms with van der Waals surface area (Å²) in [5.74, 6) is 0.821. The predicted molar refractivity (Wildman–Crippen MR) is 112 cm³/mol. The molecule has 0 aliphatic rings. The summed E-state index contributed by atoms with van der Waals surface area (Å²) in [6.45, 7) is 8.59. The molecule has 0 saturated heterocycles. The zero-order valence-electron chi connectivity index (χ0n) is 17.6. The van der Waals surface area contributed by atoms with E-state index in [1.165, 1.54) is 120 Å². The van der Waals surface area contributed by atoms with Crippen LogP contribution in [-0.4, -0.2) is 37.0 Å². The normalized spacial score (nSPS) is 11.5. The summed E-state index contributed by atoms with van der Waals surface area (Å²) in [4.78, 5) is 0. The highest BCUT2D eigenvalue weighted by Crippen LogP contribution is 2.15. The molecule has 0 radical (unpaired) electrons. The molecule has 0 saturated carbocycles. The van der Waals surface area contributed by atoms with Crippen molar-refractivity contribution in [3.63, 3.8) is 0 Å². The van der Waals surface area contributed by atoms with Crippen molar-refractivity contribution in [3.05, 3.63) is 0 Å². The molecular weight excluding hydrogens is 349 g/mol. The molecule has 0 unspecified atom stereocenters. The van der Waals surface area contributed by atoms with Crippen molar-refractivity contribution in [2.75, 3.05) is 32.6 Å². The molecule has 0 rings (SSSR count). The Morgan fingerprint density at radius 3 is 1.20 bits per heavy atom. The minimum atomic E-state index is 0. The Kier molecular flexibility index (Phi) is 23.1. The Hall–Kier alpha value is 0.540. The highest BCUT2D eigenvalue weighted by atomic mass is 35.5. The Labute approximate surface area is 171 Å². The first-order valence-corrected chi connectivity index (χ1v) is 11.6. The summed E-state index contributed by atoms with van der Waals surface area (Å²) in [5.41, 5.74) is 0. The molecule has 0 heterocycles. The van der Waals surface area contributed by atoms with Crippen LogP contribution in [0, 0.1) is 0 Å². The number of halogens is 2. The maximum Gasteiger partial charge on any atom is 0.0796 e. The number of rotatable bonds is 19. The maximum atomic E-state index is 5.96. The van der Waals surface area contributed by atoms with E-state index in [-0.39, 0.29) is 12.4 Å². The average molecular weight is 397 g/mol. The number of hydrogen-bond donors (Lipinski definition) is 0. The van der Waals surface area contributed by atoms with Gasteiger partial charge in [0.1, 0.15) is 0 Å². The van der Waals surface area contributed by atoms with Gasteiger partial charge in [-0.3, -0.25) is 0 Å². The standard InChI is InChI=1S/C22H47ClN.ClH/c1-4-6-8-10-12-14-16-20-24(3,22-18-19-23)21-17-15-13-11-9-7-5-2;/h4-22H2,1-3H3;1H/q+1;/p-1. The zero-order valence-corrected chi connectivity index (χ0v) is 19.2. The van der Waals surface area contributed by atoms with Gasteiger partial charge in [-0.2, -0.15) is 0 Å². The minimum Gasteiger partial charge on any atom is -1.00 e. The molecule has 3 heteroatoms. The van der Waals surface area contributed by atoms with Crippen molar-refractivity contribution in [2.24, 2.45) is 0 Å². The van der Waals surface area contributed by atoms with Crippen LogP contribution >= 0.6 is 11.6 Å². The van der Waals surface area contributed by atoms with Crippen LogP contribution in [0.25, 0.3) is 0 Å². The quantitative estimate of drug-likeness (QED) is 0.170. The lowest BCUT2D eigenvalue weighted by Gasteiger charge is -2.35. The van der Waals surface area contributed by atoms with Crippen LogP contribution in [0.4, 0.5) is 0 Å². The highest BCUT2D eigenvalue weighted by molar-refractivity contribution is 6.17. The van der Waals surface area contributed by atoms with Crippen LogP contribution in [0.5, 0.6) is 0 Å². The van der Waals surface area contributed by atoms with Crippen molar-refractivity contribution in [1.29, 1.82) is 0 Å². The second kappa shape index (κ2) is 20.8. The molecule has 0 aromatic rings. The molecule has 0 aliphatic carbocycles. The molecular formula is C22H47Cl2N. The topological polar surface area (TPSA) is 0 Å². The smallest absolute Gasteiger partial charge is 0.0796 e. The van der Waals surface area contributed by atoms with E-state index < -0.39 is 0 Å². The second-order valence-electron chi connectivity index (χ2n) is 8.08. The summed E-state index contributed by atoms with van der Waals surface area (Å²) in [6, 6.07) is 0. The third kappa shape index (κ3) is 19.1. The van der Waals surface area contributed by atoms with E-state index in [1.54, 1.807) is 0 Å². The summed E-state index contributed by atoms with van der Waals surface area (Å²) in [6.07, 6.45) is 21.0. The van der Waals surface area contributed by atoms with Crippen molar-refractivity contribution in [1.82, 2.24) is 0 Å². The van der Waals surface area contributed by atoms with Gasteiger partial charge in [-0.15, -0.1) is 11.6 Å². The van der Waals surface area contributed by atoms with Gasteiger partial charge in [0.15, 0.2) is 0 Å². The molecule has 0 N–H and O–H groups in total. The van der Waals surface area contributed by atoms with E-state index in [9.17, 15) is 0 Å². The van der Waals surface area contributed by atoms with Gasteiger partial charge in [0.05, 0.1) is 26.7 Å². The van der Waals surface area contributed by atoms with Gasteiger partial charge >= 0.3 is 0 Å². The van der Waals surface area contributed by atoms with Crippen LogP contribution < -0.4 is 12.4 Å². The summed E-state index contributed by atoms with van der Waals surface area (Å²) in [7, 11) is 2.47. The largest absolute Gasteiger partial charge is 1.00 e. The lowest BCUT2D eigenvalue weighted by molar-refractivity contribution is -0.910. The Morgan fingerprint density at radius 1 is 0.520 bits per heavy atom. The first-order chi connectivity index (χ1) is 11.7. The third-order valence-electron chi connectivity index (χ3n) is 5.43. The predicted octanol–water partition coefficient (Wildman–Crippen LogP) is 4.57. The summed E-state index contributed by atoms with van der Waals surface area (Å²) >= 11 is 5.96. The zero-order chi connectivity index (χ0) is 17.9. The van der Waals surface area contributed by atoms with Gasteiger partial charge < -0.3 is 16.9 Å². The van der Waals surface area contributed by atoms with E-state index in [2.05, 4.69) is 20.9 Å². The van der Waals surface area contributed by atoms with E-state index >= 15 is 0 Å². The van der Waals surface area contributed by atoms with Crippen LogP contribution in [0.1, 0.15) is 110 Å². The van der Waals surface area contributed by atoms with Crippen LogP contribution in [0.3, 0.4) is 0 Å². The molecule has 0 aromatic carbocycles. The van der Waals surface area contributed by atoms with E-state index in [4.69, 9.17) is 11.6 Å². The number of hydrogen-bond acceptors (Lipinski definition) is 0. The number of unbranched alkanes of at least 4 members (excludes halogenated alkanes) is 12. The minimum absolute atomic E-state index is 0. The first kappa shape index (κ1) is 27.8. The third-order valence-corrected chi connectivity index (χ3v) is 5.70. The number of alkyl halides is 1. The van der Waals surface area contributed by atoms with E-state index in [0.29, 0.717) is 0 Å². The molecule has 0 atom stereocenters. The molecule has 25 heavy (non-hydrogen) atoms. The lowest BCUT2D eigenvalue weighted by Crippen LogP contribution is -3.00. The van der Waals surface area contributed by atoms with E-state index in [1.807, 2.05) is 0 Å². The Morgan fingerprint density at radius 2 is 0.840 bits per heavy atom. The fourth-order valence-electron chi connectivity index (χ4n) is 3.68. The van der Waals surface area contributed by atoms with Gasteiger partial charge in [0, 0.05) is 12.3 Å². The summed E-state index contributed by atoms with van der Waals surface area (Å²) in [5, 5.41) is 0. The molecule has 0 aromatic heterocycles. The van der Waals surface area contributed by atoms with Crippen molar-refractivity contribution in [3.8, 4) is 0 Å². The number of quaternary nitrogens is 1. The van der Waals surface area contributed by atoms with Crippen molar-refractivity contribution < 1.29 is 16.9 Å². The van der Waals surface area contributed by atoms with Crippen LogP contribution in [0.15, 0.2) is 0 Å². The number of nitrogens with zero attached hydrogens (tertiary/aromatic N) is 1. The molecule has 0 bridgehead atoms. The highest BCUT2D eigenvalue weighted by Gasteiger charge is 2.19. The fourth-order valence-corrected chi connectivity index (χ4v) is 3.80. The monoisotopic (exact) mass is 395 g/mol. The van der Waals surface area contributed by atoms with E-state index in [0.717, 1.165) is 5.88 Å². The second-order valence-corrected chi connectivity index (χ2v) is 8.45. The summed E-state index contributed by atoms with van der Waals surface area (Å²) < 4.78 is 1.26. The van der Waals surface area contributed by atoms with Crippen molar-refractivity contribution >= 4 is 11.6 Å².